The summed E-state index contributed by atoms with van der Waals surface area (Å²) in [7, 11) is -3.81. The molecule has 0 aliphatic rings. The molecule has 1 aromatic heterocycles. The number of aromatic nitrogens is 1. The molecule has 0 amide bonds. The first-order valence-corrected chi connectivity index (χ1v) is 7.61. The molecule has 0 radical (unpaired) electrons. The molecule has 1 rings (SSSR count). The summed E-state index contributed by atoms with van der Waals surface area (Å²) in [5, 5.41) is 9.01. The number of hydrogen-bond acceptors (Lipinski definition) is 3. The lowest BCUT2D eigenvalue weighted by atomic mass is 10.2. The van der Waals surface area contributed by atoms with Gasteiger partial charge in [-0.2, -0.15) is 0 Å². The predicted molar refractivity (Wildman–Crippen MR) is 75.1 cm³/mol. The van der Waals surface area contributed by atoms with Gasteiger partial charge in [-0.15, -0.1) is 12.3 Å². The van der Waals surface area contributed by atoms with Gasteiger partial charge in [-0.3, -0.25) is 0 Å². The Morgan fingerprint density at radius 1 is 1.50 bits per heavy atom. The molecule has 0 saturated carbocycles. The van der Waals surface area contributed by atoms with Crippen molar-refractivity contribution in [2.24, 2.45) is 0 Å². The van der Waals surface area contributed by atoms with E-state index >= 15 is 0 Å². The van der Waals surface area contributed by atoms with E-state index in [9.17, 15) is 13.2 Å². The highest BCUT2D eigenvalue weighted by Crippen LogP contribution is 2.23. The maximum atomic E-state index is 12.4. The number of H-pyrrole nitrogens is 1. The van der Waals surface area contributed by atoms with Crippen molar-refractivity contribution < 1.29 is 18.3 Å². The highest BCUT2D eigenvalue weighted by molar-refractivity contribution is 7.89. The largest absolute Gasteiger partial charge is 0.477 e. The van der Waals surface area contributed by atoms with E-state index in [0.29, 0.717) is 12.1 Å². The molecular weight excluding hydrogens is 280 g/mol. The van der Waals surface area contributed by atoms with Crippen LogP contribution in [0.15, 0.2) is 4.90 Å². The maximum Gasteiger partial charge on any atom is 0.352 e. The Balaban J connectivity index is 3.23. The number of rotatable bonds is 6. The van der Waals surface area contributed by atoms with Crippen LogP contribution < -0.4 is 4.72 Å². The lowest BCUT2D eigenvalue weighted by Gasteiger charge is -2.15. The van der Waals surface area contributed by atoms with Crippen molar-refractivity contribution in [2.75, 3.05) is 0 Å². The van der Waals surface area contributed by atoms with Gasteiger partial charge in [0.25, 0.3) is 0 Å². The second-order valence-electron chi connectivity index (χ2n) is 4.52. The molecule has 1 unspecified atom stereocenters. The van der Waals surface area contributed by atoms with Gasteiger partial charge in [0.05, 0.1) is 0 Å². The third kappa shape index (κ3) is 3.21. The van der Waals surface area contributed by atoms with Gasteiger partial charge in [-0.1, -0.05) is 6.92 Å². The van der Waals surface area contributed by atoms with Gasteiger partial charge in [0.15, 0.2) is 0 Å². The number of aromatic carboxylic acids is 1. The molecule has 0 saturated heterocycles. The highest BCUT2D eigenvalue weighted by atomic mass is 32.2. The van der Waals surface area contributed by atoms with Crippen LogP contribution in [0.1, 0.15) is 41.5 Å². The summed E-state index contributed by atoms with van der Waals surface area (Å²) in [6.07, 6.45) is 6.03. The molecule has 1 aromatic rings. The van der Waals surface area contributed by atoms with Crippen LogP contribution in [0.3, 0.4) is 0 Å². The molecular formula is C13H18N2O4S. The number of hydrogen-bond donors (Lipinski definition) is 3. The molecule has 6 nitrogen and oxygen atoms in total. The molecule has 0 aliphatic carbocycles. The van der Waals surface area contributed by atoms with Gasteiger partial charge in [-0.25, -0.2) is 17.9 Å². The smallest absolute Gasteiger partial charge is 0.352 e. The van der Waals surface area contributed by atoms with Gasteiger partial charge >= 0.3 is 5.97 Å². The fourth-order valence-corrected chi connectivity index (χ4v) is 3.81. The number of aryl methyl sites for hydroxylation is 1. The monoisotopic (exact) mass is 298 g/mol. The van der Waals surface area contributed by atoms with E-state index in [1.54, 1.807) is 0 Å². The Kier molecular flexibility index (Phi) is 4.98. The summed E-state index contributed by atoms with van der Waals surface area (Å²) in [4.78, 5) is 13.6. The fraction of sp³-hybridized carbons (Fsp3) is 0.462. The molecule has 0 aromatic carbocycles. The molecule has 0 spiro atoms. The van der Waals surface area contributed by atoms with Crippen molar-refractivity contribution >= 4 is 16.0 Å². The average Bonchev–Trinajstić information content (AvgIpc) is 2.64. The molecule has 3 N–H and O–H groups in total. The Hall–Kier alpha value is -1.78. The zero-order chi connectivity index (χ0) is 15.5. The first-order chi connectivity index (χ1) is 9.24. The normalized spacial score (nSPS) is 12.9. The van der Waals surface area contributed by atoms with Crippen LogP contribution in [0.4, 0.5) is 0 Å². The Morgan fingerprint density at radius 2 is 2.10 bits per heavy atom. The Morgan fingerprint density at radius 3 is 2.50 bits per heavy atom. The number of carboxylic acid groups (broad SMARTS) is 1. The van der Waals surface area contributed by atoms with E-state index in [1.165, 1.54) is 13.8 Å². The zero-order valence-corrected chi connectivity index (χ0v) is 12.5. The number of terminal acetylenes is 1. The van der Waals surface area contributed by atoms with Crippen LogP contribution in [0.5, 0.6) is 0 Å². The third-order valence-electron chi connectivity index (χ3n) is 3.03. The van der Waals surface area contributed by atoms with E-state index in [0.717, 1.165) is 0 Å². The summed E-state index contributed by atoms with van der Waals surface area (Å²) in [5.74, 6) is 1.22. The third-order valence-corrected chi connectivity index (χ3v) is 4.82. The van der Waals surface area contributed by atoms with Crippen molar-refractivity contribution in [1.82, 2.24) is 9.71 Å². The quantitative estimate of drug-likeness (QED) is 0.691. The summed E-state index contributed by atoms with van der Waals surface area (Å²) in [6, 6.07) is -0.369. The van der Waals surface area contributed by atoms with Gasteiger partial charge in [0.1, 0.15) is 10.6 Å². The minimum Gasteiger partial charge on any atom is -0.477 e. The number of sulfonamides is 1. The summed E-state index contributed by atoms with van der Waals surface area (Å²) in [5.41, 5.74) is 0.369. The minimum atomic E-state index is -3.81. The molecule has 0 aliphatic heterocycles. The Bertz CT molecular complexity index is 653. The lowest BCUT2D eigenvalue weighted by molar-refractivity contribution is 0.0690. The second kappa shape index (κ2) is 6.11. The van der Waals surface area contributed by atoms with Crippen LogP contribution in [0, 0.1) is 26.2 Å². The van der Waals surface area contributed by atoms with Crippen molar-refractivity contribution in [1.29, 1.82) is 0 Å². The maximum absolute atomic E-state index is 12.4. The molecule has 20 heavy (non-hydrogen) atoms. The first kappa shape index (κ1) is 16.3. The predicted octanol–water partition coefficient (Wildman–Crippen LogP) is 1.41. The van der Waals surface area contributed by atoms with E-state index in [1.807, 2.05) is 6.92 Å². The van der Waals surface area contributed by atoms with E-state index in [2.05, 4.69) is 15.6 Å². The second-order valence-corrected chi connectivity index (χ2v) is 6.17. The van der Waals surface area contributed by atoms with E-state index < -0.39 is 16.0 Å². The summed E-state index contributed by atoms with van der Waals surface area (Å²) >= 11 is 0. The van der Waals surface area contributed by atoms with Gasteiger partial charge < -0.3 is 10.1 Å². The minimum absolute atomic E-state index is 0.0228. The molecule has 7 heteroatoms. The van der Waals surface area contributed by atoms with Crippen LogP contribution in [-0.4, -0.2) is 30.5 Å². The Labute approximate surface area is 118 Å². The molecule has 0 fully saturated rings. The summed E-state index contributed by atoms with van der Waals surface area (Å²) < 4.78 is 27.2. The standard InChI is InChI=1S/C13H18N2O4S/c1-5-7-10(6-2)15-20(18,19)12-8(3)11(13(16)17)14-9(12)4/h1,10,14-15H,6-7H2,2-4H3,(H,16,17). The van der Waals surface area contributed by atoms with E-state index in [4.69, 9.17) is 11.5 Å². The van der Waals surface area contributed by atoms with Crippen molar-refractivity contribution in [3.05, 3.63) is 17.0 Å². The topological polar surface area (TPSA) is 99.3 Å². The number of carboxylic acids is 1. The molecule has 1 atom stereocenters. The zero-order valence-electron chi connectivity index (χ0n) is 11.6. The van der Waals surface area contributed by atoms with Gasteiger partial charge in [0.2, 0.25) is 10.0 Å². The average molecular weight is 298 g/mol. The fourth-order valence-electron chi connectivity index (χ4n) is 2.04. The van der Waals surface area contributed by atoms with Crippen LogP contribution in [0.25, 0.3) is 0 Å². The summed E-state index contributed by atoms with van der Waals surface area (Å²) in [6.45, 7) is 4.81. The van der Waals surface area contributed by atoms with Crippen molar-refractivity contribution in [3.8, 4) is 12.3 Å². The first-order valence-electron chi connectivity index (χ1n) is 6.12. The number of carbonyl (C=O) groups is 1. The highest BCUT2D eigenvalue weighted by Gasteiger charge is 2.27. The van der Waals surface area contributed by atoms with Gasteiger partial charge in [0, 0.05) is 23.7 Å². The SMILES string of the molecule is C#CCC(CC)NS(=O)(=O)c1c(C)[nH]c(C(=O)O)c1C. The lowest BCUT2D eigenvalue weighted by Crippen LogP contribution is -2.34. The molecule has 110 valence electrons. The van der Waals surface area contributed by atoms with Crippen molar-refractivity contribution in [2.45, 2.75) is 44.6 Å². The van der Waals surface area contributed by atoms with Crippen molar-refractivity contribution in [3.63, 3.8) is 0 Å². The van der Waals surface area contributed by atoms with Gasteiger partial charge in [-0.05, 0) is 20.3 Å². The van der Waals surface area contributed by atoms with Crippen LogP contribution in [-0.2, 0) is 10.0 Å². The number of aromatic amines is 1. The van der Waals surface area contributed by atoms with E-state index in [-0.39, 0.29) is 28.6 Å². The molecule has 1 heterocycles. The number of nitrogens with one attached hydrogen (secondary N) is 2. The molecule has 0 bridgehead atoms. The van der Waals surface area contributed by atoms with Crippen LogP contribution >= 0.6 is 0 Å². The van der Waals surface area contributed by atoms with Crippen LogP contribution in [0.2, 0.25) is 0 Å².